The molecule has 124 valence electrons. The van der Waals surface area contributed by atoms with Gasteiger partial charge < -0.3 is 10.1 Å². The maximum absolute atomic E-state index is 11.9. The van der Waals surface area contributed by atoms with E-state index in [1.807, 2.05) is 24.3 Å². The number of fused-ring (bicyclic) bond motifs is 1. The van der Waals surface area contributed by atoms with Gasteiger partial charge in [0, 0.05) is 41.4 Å². The Balaban J connectivity index is 1.48. The summed E-state index contributed by atoms with van der Waals surface area (Å²) in [5.41, 5.74) is 3.10. The quantitative estimate of drug-likeness (QED) is 0.902. The van der Waals surface area contributed by atoms with Crippen LogP contribution in [0.1, 0.15) is 24.8 Å². The van der Waals surface area contributed by atoms with Crippen LogP contribution in [0, 0.1) is 5.92 Å². The number of ether oxygens (including phenoxy) is 1. The van der Waals surface area contributed by atoms with Crippen molar-refractivity contribution in [3.05, 3.63) is 47.2 Å². The lowest BCUT2D eigenvalue weighted by molar-refractivity contribution is -0.121. The first kappa shape index (κ1) is 15.5. The fourth-order valence-electron chi connectivity index (χ4n) is 3.14. The van der Waals surface area contributed by atoms with Crippen molar-refractivity contribution in [2.45, 2.75) is 31.8 Å². The minimum absolute atomic E-state index is 0.0396. The first-order valence-corrected chi connectivity index (χ1v) is 8.73. The van der Waals surface area contributed by atoms with E-state index in [9.17, 15) is 4.79 Å². The maximum atomic E-state index is 11.9. The second kappa shape index (κ2) is 6.44. The molecule has 24 heavy (non-hydrogen) atoms. The minimum Gasteiger partial charge on any atom is -0.487 e. The van der Waals surface area contributed by atoms with E-state index in [1.54, 1.807) is 12.4 Å². The van der Waals surface area contributed by atoms with Gasteiger partial charge in [-0.05, 0) is 48.6 Å². The predicted octanol–water partition coefficient (Wildman–Crippen LogP) is 3.62. The third-order valence-corrected chi connectivity index (χ3v) is 4.77. The van der Waals surface area contributed by atoms with Crippen LogP contribution in [-0.2, 0) is 11.2 Å². The Hall–Kier alpha value is -2.07. The van der Waals surface area contributed by atoms with Gasteiger partial charge in [0.2, 0.25) is 5.91 Å². The van der Waals surface area contributed by atoms with Gasteiger partial charge in [0.1, 0.15) is 11.9 Å². The number of hydrogen-bond acceptors (Lipinski definition) is 3. The van der Waals surface area contributed by atoms with Crippen molar-refractivity contribution < 1.29 is 9.53 Å². The number of benzene rings is 1. The third-order valence-electron chi connectivity index (χ3n) is 4.55. The number of carbonyl (C=O) groups excluding carboxylic acids is 1. The lowest BCUT2D eigenvalue weighted by atomic mass is 10.0. The summed E-state index contributed by atoms with van der Waals surface area (Å²) in [5, 5.41) is 3.69. The zero-order chi connectivity index (χ0) is 16.5. The van der Waals surface area contributed by atoms with Crippen LogP contribution in [-0.4, -0.2) is 23.5 Å². The zero-order valence-electron chi connectivity index (χ0n) is 13.3. The molecule has 0 bridgehead atoms. The summed E-state index contributed by atoms with van der Waals surface area (Å²) < 4.78 is 6.12. The van der Waals surface area contributed by atoms with Gasteiger partial charge in [0.05, 0.1) is 6.54 Å². The molecule has 1 aromatic heterocycles. The highest BCUT2D eigenvalue weighted by Crippen LogP contribution is 2.40. The van der Waals surface area contributed by atoms with Crippen LogP contribution in [0.15, 0.2) is 36.7 Å². The van der Waals surface area contributed by atoms with Crippen molar-refractivity contribution in [3.8, 4) is 16.9 Å². The van der Waals surface area contributed by atoms with E-state index in [1.165, 1.54) is 12.8 Å². The summed E-state index contributed by atoms with van der Waals surface area (Å²) in [6.45, 7) is 0.535. The molecule has 2 aliphatic rings. The average molecular weight is 343 g/mol. The molecule has 2 aromatic rings. The highest BCUT2D eigenvalue weighted by atomic mass is 35.5. The molecule has 0 radical (unpaired) electrons. The van der Waals surface area contributed by atoms with Gasteiger partial charge in [-0.25, -0.2) is 0 Å². The molecule has 4 nitrogen and oxygen atoms in total. The molecule has 1 atom stereocenters. The van der Waals surface area contributed by atoms with Gasteiger partial charge in [0.25, 0.3) is 0 Å². The zero-order valence-corrected chi connectivity index (χ0v) is 14.1. The Kier molecular flexibility index (Phi) is 4.15. The van der Waals surface area contributed by atoms with Gasteiger partial charge in [-0.3, -0.25) is 9.78 Å². The normalized spacial score (nSPS) is 18.8. The summed E-state index contributed by atoms with van der Waals surface area (Å²) in [6.07, 6.45) is 7.26. The molecular weight excluding hydrogens is 324 g/mol. The van der Waals surface area contributed by atoms with Crippen molar-refractivity contribution in [1.82, 2.24) is 10.3 Å². The van der Waals surface area contributed by atoms with Crippen LogP contribution < -0.4 is 10.1 Å². The third kappa shape index (κ3) is 3.39. The smallest absolute Gasteiger partial charge is 0.220 e. The van der Waals surface area contributed by atoms with Gasteiger partial charge in [-0.2, -0.15) is 0 Å². The molecule has 4 rings (SSSR count). The SMILES string of the molecule is O=C(CC1CC1)NC[C@@H]1Cc2cc(Cl)cc(-c3ccncc3)c2O1. The van der Waals surface area contributed by atoms with Crippen molar-refractivity contribution >= 4 is 17.5 Å². The first-order chi connectivity index (χ1) is 11.7. The fraction of sp³-hybridized carbons (Fsp3) is 0.368. The van der Waals surface area contributed by atoms with E-state index in [2.05, 4.69) is 10.3 Å². The largest absolute Gasteiger partial charge is 0.487 e. The van der Waals surface area contributed by atoms with Crippen LogP contribution in [0.25, 0.3) is 11.1 Å². The fourth-order valence-corrected chi connectivity index (χ4v) is 3.38. The number of amides is 1. The van der Waals surface area contributed by atoms with E-state index >= 15 is 0 Å². The second-order valence-corrected chi connectivity index (χ2v) is 7.01. The van der Waals surface area contributed by atoms with Gasteiger partial charge in [-0.15, -0.1) is 0 Å². The molecule has 1 fully saturated rings. The summed E-state index contributed by atoms with van der Waals surface area (Å²) in [5.74, 6) is 1.60. The van der Waals surface area contributed by atoms with Crippen LogP contribution in [0.4, 0.5) is 0 Å². The van der Waals surface area contributed by atoms with E-state index in [0.29, 0.717) is 23.9 Å². The Morgan fingerprint density at radius 3 is 2.83 bits per heavy atom. The Morgan fingerprint density at radius 1 is 1.29 bits per heavy atom. The Bertz CT molecular complexity index is 759. The number of carbonyl (C=O) groups is 1. The molecule has 1 aliphatic carbocycles. The van der Waals surface area contributed by atoms with E-state index in [-0.39, 0.29) is 12.0 Å². The summed E-state index contributed by atoms with van der Waals surface area (Å²) in [7, 11) is 0. The second-order valence-electron chi connectivity index (χ2n) is 6.57. The molecule has 1 aromatic carbocycles. The molecule has 1 saturated carbocycles. The number of aromatic nitrogens is 1. The maximum Gasteiger partial charge on any atom is 0.220 e. The van der Waals surface area contributed by atoms with E-state index < -0.39 is 0 Å². The van der Waals surface area contributed by atoms with Gasteiger partial charge >= 0.3 is 0 Å². The molecule has 2 heterocycles. The Labute approximate surface area is 146 Å². The van der Waals surface area contributed by atoms with Crippen molar-refractivity contribution in [2.24, 2.45) is 5.92 Å². The molecule has 1 amide bonds. The molecule has 0 unspecified atom stereocenters. The summed E-state index contributed by atoms with van der Waals surface area (Å²) >= 11 is 6.28. The van der Waals surface area contributed by atoms with Gasteiger partial charge in [-0.1, -0.05) is 11.6 Å². The number of nitrogens with one attached hydrogen (secondary N) is 1. The van der Waals surface area contributed by atoms with Crippen LogP contribution in [0.2, 0.25) is 5.02 Å². The lowest BCUT2D eigenvalue weighted by Gasteiger charge is -2.13. The molecule has 1 N–H and O–H groups in total. The van der Waals surface area contributed by atoms with Crippen LogP contribution in [0.5, 0.6) is 5.75 Å². The average Bonchev–Trinajstić information content (AvgIpc) is 3.30. The Morgan fingerprint density at radius 2 is 2.08 bits per heavy atom. The van der Waals surface area contributed by atoms with Crippen molar-refractivity contribution in [3.63, 3.8) is 0 Å². The summed E-state index contributed by atoms with van der Waals surface area (Å²) in [6, 6.07) is 7.76. The lowest BCUT2D eigenvalue weighted by Crippen LogP contribution is -2.34. The summed E-state index contributed by atoms with van der Waals surface area (Å²) in [4.78, 5) is 15.9. The molecular formula is C19H19ClN2O2. The number of halogens is 1. The van der Waals surface area contributed by atoms with E-state index in [4.69, 9.17) is 16.3 Å². The monoisotopic (exact) mass is 342 g/mol. The highest BCUT2D eigenvalue weighted by Gasteiger charge is 2.28. The van der Waals surface area contributed by atoms with Crippen molar-refractivity contribution in [2.75, 3.05) is 6.54 Å². The number of hydrogen-bond donors (Lipinski definition) is 1. The minimum atomic E-state index is -0.0396. The number of pyridine rings is 1. The number of nitrogens with zero attached hydrogens (tertiary/aromatic N) is 1. The molecule has 1 aliphatic heterocycles. The standard InChI is InChI=1S/C19H19ClN2O2/c20-15-8-14-9-16(11-22-18(23)7-12-1-2-12)24-19(14)17(10-15)13-3-5-21-6-4-13/h3-6,8,10,12,16H,1-2,7,9,11H2,(H,22,23)/t16-/m0/s1. The topological polar surface area (TPSA) is 51.2 Å². The first-order valence-electron chi connectivity index (χ1n) is 8.35. The van der Waals surface area contributed by atoms with Gasteiger partial charge in [0.15, 0.2) is 0 Å². The molecule has 0 saturated heterocycles. The molecule has 5 heteroatoms. The number of rotatable bonds is 5. The van der Waals surface area contributed by atoms with Crippen molar-refractivity contribution in [1.29, 1.82) is 0 Å². The van der Waals surface area contributed by atoms with Crippen LogP contribution >= 0.6 is 11.6 Å². The molecule has 0 spiro atoms. The van der Waals surface area contributed by atoms with E-state index in [0.717, 1.165) is 28.9 Å². The predicted molar refractivity (Wildman–Crippen MR) is 93.2 cm³/mol. The van der Waals surface area contributed by atoms with Crippen LogP contribution in [0.3, 0.4) is 0 Å². The highest BCUT2D eigenvalue weighted by molar-refractivity contribution is 6.31.